The van der Waals surface area contributed by atoms with Crippen LogP contribution in [0.5, 0.6) is 0 Å². The van der Waals surface area contributed by atoms with Crippen LogP contribution in [0, 0.1) is 0 Å². The van der Waals surface area contributed by atoms with Crippen LogP contribution in [0.15, 0.2) is 11.1 Å². The largest absolute Gasteiger partial charge is 0.357 e. The summed E-state index contributed by atoms with van der Waals surface area (Å²) in [6, 6.07) is 1.81. The zero-order valence-corrected chi connectivity index (χ0v) is 19.4. The van der Waals surface area contributed by atoms with Gasteiger partial charge in [-0.15, -0.1) is 24.0 Å². The van der Waals surface area contributed by atoms with E-state index in [1.54, 1.807) is 0 Å². The van der Waals surface area contributed by atoms with Crippen molar-refractivity contribution in [3.63, 3.8) is 0 Å². The number of hydrogen-bond acceptors (Lipinski definition) is 2. The van der Waals surface area contributed by atoms with Gasteiger partial charge in [-0.05, 0) is 33.8 Å². The second-order valence-corrected chi connectivity index (χ2v) is 9.21. The summed E-state index contributed by atoms with van der Waals surface area (Å²) in [5.41, 5.74) is 0.926. The Balaban J connectivity index is 0.00000529. The van der Waals surface area contributed by atoms with Gasteiger partial charge >= 0.3 is 0 Å². The van der Waals surface area contributed by atoms with Crippen molar-refractivity contribution in [3.8, 4) is 0 Å². The molecule has 1 aromatic rings. The van der Waals surface area contributed by atoms with E-state index in [4.69, 9.17) is 23.2 Å². The highest BCUT2D eigenvalue weighted by atomic mass is 127. The average molecular weight is 509 g/mol. The van der Waals surface area contributed by atoms with E-state index >= 15 is 0 Å². The van der Waals surface area contributed by atoms with Gasteiger partial charge in [0.2, 0.25) is 0 Å². The fraction of sp³-hybridized carbons (Fsp3) is 0.667. The van der Waals surface area contributed by atoms with Crippen LogP contribution in [0.4, 0.5) is 0 Å². The SMILES string of the molecule is CCNC(=NCc1cc(Cl)c(Cl)n1C)NCCS(=O)C(C)(C)C.I. The van der Waals surface area contributed by atoms with Gasteiger partial charge in [0, 0.05) is 47.1 Å². The van der Waals surface area contributed by atoms with Crippen LogP contribution < -0.4 is 10.6 Å². The number of rotatable bonds is 6. The van der Waals surface area contributed by atoms with Crippen LogP contribution in [0.2, 0.25) is 10.2 Å². The quantitative estimate of drug-likeness (QED) is 0.351. The van der Waals surface area contributed by atoms with Gasteiger partial charge in [-0.3, -0.25) is 4.21 Å². The highest BCUT2D eigenvalue weighted by molar-refractivity contribution is 14.0. The molecule has 5 nitrogen and oxygen atoms in total. The minimum absolute atomic E-state index is 0. The van der Waals surface area contributed by atoms with E-state index in [2.05, 4.69) is 15.6 Å². The summed E-state index contributed by atoms with van der Waals surface area (Å²) >= 11 is 12.1. The molecule has 1 aromatic heterocycles. The molecule has 0 saturated carbocycles. The molecule has 140 valence electrons. The molecule has 0 radical (unpaired) electrons. The third kappa shape index (κ3) is 7.49. The lowest BCUT2D eigenvalue weighted by atomic mass is 10.3. The van der Waals surface area contributed by atoms with E-state index < -0.39 is 10.8 Å². The Hall–Kier alpha value is 0.01000. The number of nitrogens with zero attached hydrogens (tertiary/aromatic N) is 2. The standard InChI is InChI=1S/C15H26Cl2N4OS.HI/c1-6-18-14(19-7-8-23(22)15(2,3)4)20-10-11-9-12(16)13(17)21(11)5;/h9H,6-8,10H2,1-5H3,(H2,18,19,20);1H. The molecular weight excluding hydrogens is 482 g/mol. The monoisotopic (exact) mass is 508 g/mol. The molecule has 0 amide bonds. The molecule has 0 aliphatic carbocycles. The first kappa shape index (κ1) is 24.0. The van der Waals surface area contributed by atoms with E-state index in [1.807, 2.05) is 45.4 Å². The Bertz CT molecular complexity index is 585. The second kappa shape index (κ2) is 10.9. The topological polar surface area (TPSA) is 58.4 Å². The van der Waals surface area contributed by atoms with E-state index in [1.165, 1.54) is 0 Å². The summed E-state index contributed by atoms with van der Waals surface area (Å²) in [4.78, 5) is 4.52. The molecule has 1 unspecified atom stereocenters. The van der Waals surface area contributed by atoms with Gasteiger partial charge in [0.1, 0.15) is 5.15 Å². The molecule has 1 atom stereocenters. The molecular formula is C15H27Cl2IN4OS. The number of aromatic nitrogens is 1. The lowest BCUT2D eigenvalue weighted by Crippen LogP contribution is -2.40. The van der Waals surface area contributed by atoms with Crippen molar-refractivity contribution in [2.45, 2.75) is 39.0 Å². The number of halogens is 3. The Morgan fingerprint density at radius 2 is 1.96 bits per heavy atom. The van der Waals surface area contributed by atoms with Crippen LogP contribution in [0.1, 0.15) is 33.4 Å². The first-order chi connectivity index (χ1) is 10.7. The van der Waals surface area contributed by atoms with E-state index in [9.17, 15) is 4.21 Å². The van der Waals surface area contributed by atoms with Crippen LogP contribution in [0.25, 0.3) is 0 Å². The summed E-state index contributed by atoms with van der Waals surface area (Å²) < 4.78 is 13.7. The Kier molecular flexibility index (Phi) is 10.9. The van der Waals surface area contributed by atoms with E-state index in [0.29, 0.717) is 35.0 Å². The highest BCUT2D eigenvalue weighted by Crippen LogP contribution is 2.25. The lowest BCUT2D eigenvalue weighted by Gasteiger charge is -2.18. The molecule has 0 aromatic carbocycles. The summed E-state index contributed by atoms with van der Waals surface area (Å²) in [5.74, 6) is 1.27. The van der Waals surface area contributed by atoms with Crippen LogP contribution in [-0.4, -0.2) is 38.3 Å². The molecule has 1 rings (SSSR count). The second-order valence-electron chi connectivity index (χ2n) is 6.12. The molecule has 24 heavy (non-hydrogen) atoms. The first-order valence-corrected chi connectivity index (χ1v) is 9.64. The molecule has 0 fully saturated rings. The zero-order valence-electron chi connectivity index (χ0n) is 14.8. The molecule has 9 heteroatoms. The molecule has 0 bridgehead atoms. The molecule has 0 saturated heterocycles. The Morgan fingerprint density at radius 1 is 1.33 bits per heavy atom. The van der Waals surface area contributed by atoms with E-state index in [-0.39, 0.29) is 28.7 Å². The van der Waals surface area contributed by atoms with Crippen LogP contribution >= 0.6 is 47.2 Å². The molecule has 0 aliphatic rings. The Morgan fingerprint density at radius 3 is 2.42 bits per heavy atom. The normalized spacial score (nSPS) is 13.4. The summed E-state index contributed by atoms with van der Waals surface area (Å²) in [7, 11) is 0.968. The van der Waals surface area contributed by atoms with Crippen molar-refractivity contribution in [2.24, 2.45) is 12.0 Å². The zero-order chi connectivity index (χ0) is 17.6. The van der Waals surface area contributed by atoms with Crippen molar-refractivity contribution in [3.05, 3.63) is 21.9 Å². The summed E-state index contributed by atoms with van der Waals surface area (Å²) in [6.07, 6.45) is 0. The van der Waals surface area contributed by atoms with Gasteiger partial charge in [-0.25, -0.2) is 4.99 Å². The highest BCUT2D eigenvalue weighted by Gasteiger charge is 2.18. The average Bonchev–Trinajstić information content (AvgIpc) is 2.71. The van der Waals surface area contributed by atoms with Crippen molar-refractivity contribution < 1.29 is 4.21 Å². The first-order valence-electron chi connectivity index (χ1n) is 7.57. The van der Waals surface area contributed by atoms with Gasteiger partial charge in [0.05, 0.1) is 11.6 Å². The van der Waals surface area contributed by atoms with Gasteiger partial charge in [0.15, 0.2) is 5.96 Å². The third-order valence-electron chi connectivity index (χ3n) is 3.22. The number of guanidine groups is 1. The number of hydrogen-bond donors (Lipinski definition) is 2. The van der Waals surface area contributed by atoms with Crippen molar-refractivity contribution in [2.75, 3.05) is 18.8 Å². The molecule has 2 N–H and O–H groups in total. The lowest BCUT2D eigenvalue weighted by molar-refractivity contribution is 0.647. The fourth-order valence-electron chi connectivity index (χ4n) is 1.81. The fourth-order valence-corrected chi connectivity index (χ4v) is 3.13. The van der Waals surface area contributed by atoms with Crippen molar-refractivity contribution in [1.82, 2.24) is 15.2 Å². The maximum absolute atomic E-state index is 12.0. The Labute approximate surface area is 174 Å². The third-order valence-corrected chi connectivity index (χ3v) is 6.00. The minimum Gasteiger partial charge on any atom is -0.357 e. The number of nitrogens with one attached hydrogen (secondary N) is 2. The smallest absolute Gasteiger partial charge is 0.191 e. The van der Waals surface area contributed by atoms with E-state index in [0.717, 1.165) is 12.2 Å². The maximum atomic E-state index is 12.0. The molecule has 0 aliphatic heterocycles. The van der Waals surface area contributed by atoms with Gasteiger partial charge in [-0.1, -0.05) is 23.2 Å². The van der Waals surface area contributed by atoms with Gasteiger partial charge in [-0.2, -0.15) is 0 Å². The van der Waals surface area contributed by atoms with Crippen LogP contribution in [-0.2, 0) is 24.4 Å². The predicted octanol–water partition coefficient (Wildman–Crippen LogP) is 3.55. The summed E-state index contributed by atoms with van der Waals surface area (Å²) in [6.45, 7) is 9.75. The minimum atomic E-state index is -0.885. The van der Waals surface area contributed by atoms with Gasteiger partial charge < -0.3 is 15.2 Å². The van der Waals surface area contributed by atoms with Crippen molar-refractivity contribution in [1.29, 1.82) is 0 Å². The number of aliphatic imine (C=N–C) groups is 1. The molecule has 0 spiro atoms. The van der Waals surface area contributed by atoms with Crippen LogP contribution in [0.3, 0.4) is 0 Å². The summed E-state index contributed by atoms with van der Waals surface area (Å²) in [5, 5.41) is 7.41. The maximum Gasteiger partial charge on any atom is 0.191 e. The van der Waals surface area contributed by atoms with Crippen molar-refractivity contribution >= 4 is 63.9 Å². The molecule has 1 heterocycles. The predicted molar refractivity (Wildman–Crippen MR) is 116 cm³/mol. The van der Waals surface area contributed by atoms with Gasteiger partial charge in [0.25, 0.3) is 0 Å².